The molecule has 1 saturated heterocycles. The zero-order valence-electron chi connectivity index (χ0n) is 11.2. The predicted octanol–water partition coefficient (Wildman–Crippen LogP) is 3.65. The van der Waals surface area contributed by atoms with E-state index in [2.05, 4.69) is 37.7 Å². The van der Waals surface area contributed by atoms with Crippen LogP contribution in [-0.4, -0.2) is 27.0 Å². The number of imidazole rings is 1. The van der Waals surface area contributed by atoms with E-state index in [-0.39, 0.29) is 0 Å². The third-order valence-electron chi connectivity index (χ3n) is 3.85. The summed E-state index contributed by atoms with van der Waals surface area (Å²) in [4.78, 5) is 11.6. The largest absolute Gasteiger partial charge is 0.351 e. The van der Waals surface area contributed by atoms with E-state index in [4.69, 9.17) is 0 Å². The average molecular weight is 323 g/mol. The van der Waals surface area contributed by atoms with Crippen LogP contribution in [0, 0.1) is 0 Å². The lowest BCUT2D eigenvalue weighted by Gasteiger charge is -2.36. The van der Waals surface area contributed by atoms with Gasteiger partial charge in [-0.2, -0.15) is 0 Å². The van der Waals surface area contributed by atoms with Gasteiger partial charge in [0.2, 0.25) is 0 Å². The van der Waals surface area contributed by atoms with E-state index in [1.54, 1.807) is 0 Å². The summed E-state index contributed by atoms with van der Waals surface area (Å²) in [5.41, 5.74) is 0.964. The Kier molecular flexibility index (Phi) is 3.73. The Hall–Kier alpha value is -1.10. The van der Waals surface area contributed by atoms with Gasteiger partial charge in [0, 0.05) is 31.2 Å². The Morgan fingerprint density at radius 3 is 3.16 bits per heavy atom. The highest BCUT2D eigenvalue weighted by Gasteiger charge is 2.25. The molecule has 0 bridgehead atoms. The molecule has 0 saturated carbocycles. The number of anilines is 1. The van der Waals surface area contributed by atoms with Crippen molar-refractivity contribution in [2.45, 2.75) is 45.1 Å². The summed E-state index contributed by atoms with van der Waals surface area (Å²) in [7, 11) is 0. The third kappa shape index (κ3) is 2.48. The van der Waals surface area contributed by atoms with Crippen LogP contribution >= 0.6 is 15.9 Å². The first-order chi connectivity index (χ1) is 9.29. The van der Waals surface area contributed by atoms with Gasteiger partial charge >= 0.3 is 0 Å². The number of fused-ring (bicyclic) bond motifs is 1. The second-order valence-electron chi connectivity index (χ2n) is 5.18. The van der Waals surface area contributed by atoms with Crippen LogP contribution in [0.4, 0.5) is 5.82 Å². The molecule has 2 aromatic heterocycles. The molecule has 3 heterocycles. The number of hydrogen-bond acceptors (Lipinski definition) is 3. The minimum absolute atomic E-state index is 0.612. The molecule has 4 nitrogen and oxygen atoms in total. The molecule has 0 aliphatic carbocycles. The van der Waals surface area contributed by atoms with E-state index in [1.165, 1.54) is 32.1 Å². The van der Waals surface area contributed by atoms with Gasteiger partial charge in [-0.05, 0) is 41.6 Å². The van der Waals surface area contributed by atoms with E-state index in [9.17, 15) is 0 Å². The van der Waals surface area contributed by atoms with Gasteiger partial charge in [-0.15, -0.1) is 0 Å². The Morgan fingerprint density at radius 2 is 2.32 bits per heavy atom. The van der Waals surface area contributed by atoms with Gasteiger partial charge in [-0.1, -0.05) is 13.3 Å². The zero-order chi connectivity index (χ0) is 13.2. The van der Waals surface area contributed by atoms with Gasteiger partial charge in [0.25, 0.3) is 0 Å². The summed E-state index contributed by atoms with van der Waals surface area (Å²) >= 11 is 3.51. The number of halogens is 1. The van der Waals surface area contributed by atoms with Gasteiger partial charge in [0.15, 0.2) is 11.5 Å². The first-order valence-electron chi connectivity index (χ1n) is 7.05. The van der Waals surface area contributed by atoms with Crippen molar-refractivity contribution in [3.05, 3.63) is 23.2 Å². The molecule has 0 spiro atoms. The highest BCUT2D eigenvalue weighted by Crippen LogP contribution is 2.29. The summed E-state index contributed by atoms with van der Waals surface area (Å²) in [6, 6.07) is 0.612. The lowest BCUT2D eigenvalue weighted by molar-refractivity contribution is 0.432. The van der Waals surface area contributed by atoms with E-state index in [1.807, 2.05) is 23.0 Å². The normalized spacial score (nSPS) is 20.1. The molecule has 1 unspecified atom stereocenters. The predicted molar refractivity (Wildman–Crippen MR) is 80.6 cm³/mol. The van der Waals surface area contributed by atoms with E-state index >= 15 is 0 Å². The van der Waals surface area contributed by atoms with Crippen molar-refractivity contribution in [1.29, 1.82) is 0 Å². The second kappa shape index (κ2) is 5.49. The standard InChI is InChI=1S/C14H19BrN4/c1-2-5-11-6-3-4-8-19(11)14-13-16-7-9-18(13)10-12(15)17-14/h7,9-11H,2-6,8H2,1H3. The van der Waals surface area contributed by atoms with Gasteiger partial charge < -0.3 is 9.30 Å². The van der Waals surface area contributed by atoms with E-state index in [0.29, 0.717) is 6.04 Å². The maximum Gasteiger partial charge on any atom is 0.180 e. The zero-order valence-corrected chi connectivity index (χ0v) is 12.8. The minimum atomic E-state index is 0.612. The molecule has 0 radical (unpaired) electrons. The fourth-order valence-corrected chi connectivity index (χ4v) is 3.38. The van der Waals surface area contributed by atoms with Crippen LogP contribution in [0.15, 0.2) is 23.2 Å². The summed E-state index contributed by atoms with van der Waals surface area (Å²) in [5, 5.41) is 0. The van der Waals surface area contributed by atoms with Crippen LogP contribution in [0.3, 0.4) is 0 Å². The molecule has 2 aromatic rings. The Balaban J connectivity index is 2.03. The summed E-state index contributed by atoms with van der Waals surface area (Å²) in [6.07, 6.45) is 12.1. The average Bonchev–Trinajstić information content (AvgIpc) is 2.87. The smallest absolute Gasteiger partial charge is 0.180 e. The molecule has 3 rings (SSSR count). The summed E-state index contributed by atoms with van der Waals surface area (Å²) in [5.74, 6) is 1.03. The summed E-state index contributed by atoms with van der Waals surface area (Å²) in [6.45, 7) is 3.35. The van der Waals surface area contributed by atoms with Crippen LogP contribution in [0.25, 0.3) is 5.65 Å². The molecule has 0 amide bonds. The van der Waals surface area contributed by atoms with E-state index < -0.39 is 0 Å². The van der Waals surface area contributed by atoms with Crippen molar-refractivity contribution < 1.29 is 0 Å². The molecule has 1 atom stereocenters. The fraction of sp³-hybridized carbons (Fsp3) is 0.571. The molecule has 0 N–H and O–H groups in total. The molecule has 0 aromatic carbocycles. The SMILES string of the molecule is CCCC1CCCCN1c1nc(Br)cn2ccnc12. The van der Waals surface area contributed by atoms with Gasteiger partial charge in [-0.25, -0.2) is 9.97 Å². The first-order valence-corrected chi connectivity index (χ1v) is 7.84. The second-order valence-corrected chi connectivity index (χ2v) is 5.99. The monoisotopic (exact) mass is 322 g/mol. The van der Waals surface area contributed by atoms with Crippen LogP contribution in [-0.2, 0) is 0 Å². The lowest BCUT2D eigenvalue weighted by atomic mass is 9.98. The molecular weight excluding hydrogens is 304 g/mol. The molecule has 5 heteroatoms. The highest BCUT2D eigenvalue weighted by molar-refractivity contribution is 9.10. The highest BCUT2D eigenvalue weighted by atomic mass is 79.9. The minimum Gasteiger partial charge on any atom is -0.351 e. The van der Waals surface area contributed by atoms with Crippen LogP contribution in [0.2, 0.25) is 0 Å². The van der Waals surface area contributed by atoms with Crippen molar-refractivity contribution in [3.63, 3.8) is 0 Å². The number of piperidine rings is 1. The van der Waals surface area contributed by atoms with Gasteiger partial charge in [-0.3, -0.25) is 0 Å². The van der Waals surface area contributed by atoms with Crippen molar-refractivity contribution in [2.75, 3.05) is 11.4 Å². The molecule has 102 valence electrons. The fourth-order valence-electron chi connectivity index (χ4n) is 2.99. The number of aromatic nitrogens is 3. The van der Waals surface area contributed by atoms with Crippen molar-refractivity contribution in [3.8, 4) is 0 Å². The van der Waals surface area contributed by atoms with Gasteiger partial charge in [0.05, 0.1) is 0 Å². The number of nitrogens with zero attached hydrogens (tertiary/aromatic N) is 4. The molecule has 19 heavy (non-hydrogen) atoms. The van der Waals surface area contributed by atoms with Gasteiger partial charge in [0.1, 0.15) is 4.60 Å². The van der Waals surface area contributed by atoms with Crippen molar-refractivity contribution in [1.82, 2.24) is 14.4 Å². The van der Waals surface area contributed by atoms with Crippen molar-refractivity contribution in [2.24, 2.45) is 0 Å². The molecule has 1 aliphatic rings. The van der Waals surface area contributed by atoms with E-state index in [0.717, 1.165) is 22.6 Å². The Labute approximate surface area is 122 Å². The first kappa shape index (κ1) is 12.9. The van der Waals surface area contributed by atoms with Crippen molar-refractivity contribution >= 4 is 27.4 Å². The Morgan fingerprint density at radius 1 is 1.42 bits per heavy atom. The lowest BCUT2D eigenvalue weighted by Crippen LogP contribution is -2.40. The quantitative estimate of drug-likeness (QED) is 0.864. The number of rotatable bonds is 3. The molecule has 1 aliphatic heterocycles. The maximum absolute atomic E-state index is 4.69. The summed E-state index contributed by atoms with van der Waals surface area (Å²) < 4.78 is 2.91. The van der Waals surface area contributed by atoms with Crippen LogP contribution in [0.1, 0.15) is 39.0 Å². The van der Waals surface area contributed by atoms with Crippen LogP contribution in [0.5, 0.6) is 0 Å². The maximum atomic E-state index is 4.69. The Bertz CT molecular complexity index is 564. The number of hydrogen-bond donors (Lipinski definition) is 0. The topological polar surface area (TPSA) is 33.4 Å². The molecule has 1 fully saturated rings. The third-order valence-corrected chi connectivity index (χ3v) is 4.23. The van der Waals surface area contributed by atoms with Crippen LogP contribution < -0.4 is 4.90 Å². The molecular formula is C14H19BrN4.